The Bertz CT molecular complexity index is 956. The van der Waals surface area contributed by atoms with Gasteiger partial charge in [-0.25, -0.2) is 0 Å². The number of benzene rings is 2. The van der Waals surface area contributed by atoms with Crippen molar-refractivity contribution in [3.63, 3.8) is 0 Å². The molecule has 1 radical (unpaired) electrons. The number of Topliss-reactive ketones (excluding diaryl/α,β-unsaturated/α-hetero) is 1. The van der Waals surface area contributed by atoms with Gasteiger partial charge in [0.25, 0.3) is 0 Å². The van der Waals surface area contributed by atoms with Crippen molar-refractivity contribution in [1.29, 1.82) is 0 Å². The van der Waals surface area contributed by atoms with Gasteiger partial charge in [0.15, 0.2) is 5.78 Å². The van der Waals surface area contributed by atoms with Crippen molar-refractivity contribution in [3.05, 3.63) is 90.3 Å². The Labute approximate surface area is 197 Å². The minimum Gasteiger partial charge on any atom is -0.512 e. The number of carbonyl (C=O) groups excluding carboxylic acids is 1. The van der Waals surface area contributed by atoms with E-state index in [0.717, 1.165) is 54.5 Å². The summed E-state index contributed by atoms with van der Waals surface area (Å²) in [5, 5.41) is 9.53. The molecular formula is C27H26IrNO2-. The number of nitrogens with zero attached hydrogens (tertiary/aromatic N) is 1. The molecule has 31 heavy (non-hydrogen) atoms. The van der Waals surface area contributed by atoms with Crippen LogP contribution in [0, 0.1) is 12.0 Å². The molecule has 1 fully saturated rings. The Morgan fingerprint density at radius 1 is 0.871 bits per heavy atom. The van der Waals surface area contributed by atoms with Gasteiger partial charge in [-0.15, -0.1) is 35.9 Å². The first-order valence-electron chi connectivity index (χ1n) is 10.7. The van der Waals surface area contributed by atoms with Crippen molar-refractivity contribution in [3.8, 4) is 22.4 Å². The van der Waals surface area contributed by atoms with Crippen molar-refractivity contribution in [2.75, 3.05) is 0 Å². The molecule has 1 atom stereocenters. The molecule has 0 saturated heterocycles. The minimum atomic E-state index is 0. The number of hydrogen-bond acceptors (Lipinski definition) is 3. The van der Waals surface area contributed by atoms with Gasteiger partial charge in [0.05, 0.1) is 5.76 Å². The fraction of sp³-hybridized carbons (Fsp3) is 0.259. The summed E-state index contributed by atoms with van der Waals surface area (Å²) in [5.41, 5.74) is 5.07. The molecule has 0 amide bonds. The van der Waals surface area contributed by atoms with Gasteiger partial charge in [-0.05, 0) is 48.4 Å². The van der Waals surface area contributed by atoms with Gasteiger partial charge in [0, 0.05) is 44.7 Å². The molecule has 2 aliphatic carbocycles. The van der Waals surface area contributed by atoms with E-state index < -0.39 is 0 Å². The van der Waals surface area contributed by atoms with Crippen LogP contribution in [0.1, 0.15) is 38.5 Å². The third-order valence-corrected chi connectivity index (χ3v) is 5.80. The molecule has 1 saturated carbocycles. The average Bonchev–Trinajstić information content (AvgIpc) is 2.81. The van der Waals surface area contributed by atoms with E-state index in [1.165, 1.54) is 5.56 Å². The first kappa shape index (κ1) is 23.1. The van der Waals surface area contributed by atoms with Crippen LogP contribution in [-0.2, 0) is 24.9 Å². The second-order valence-electron chi connectivity index (χ2n) is 7.84. The topological polar surface area (TPSA) is 50.2 Å². The minimum absolute atomic E-state index is 0. The quantitative estimate of drug-likeness (QED) is 0.345. The largest absolute Gasteiger partial charge is 0.512 e. The maximum atomic E-state index is 11.4. The van der Waals surface area contributed by atoms with Crippen LogP contribution in [0.4, 0.5) is 0 Å². The zero-order valence-corrected chi connectivity index (χ0v) is 19.8. The van der Waals surface area contributed by atoms with Crippen LogP contribution in [0.15, 0.2) is 84.3 Å². The van der Waals surface area contributed by atoms with E-state index in [1.54, 1.807) is 0 Å². The van der Waals surface area contributed by atoms with Crippen molar-refractivity contribution < 1.29 is 30.0 Å². The number of rotatable bonds is 2. The normalized spacial score (nSPS) is 17.7. The summed E-state index contributed by atoms with van der Waals surface area (Å²) in [6.45, 7) is 0. The smallest absolute Gasteiger partial charge is 0.162 e. The van der Waals surface area contributed by atoms with Crippen LogP contribution >= 0.6 is 0 Å². The summed E-state index contributed by atoms with van der Waals surface area (Å²) >= 11 is 0. The molecule has 4 heteroatoms. The molecule has 1 unspecified atom stereocenters. The third kappa shape index (κ3) is 5.78. The van der Waals surface area contributed by atoms with E-state index in [0.29, 0.717) is 18.1 Å². The molecule has 1 heterocycles. The van der Waals surface area contributed by atoms with Gasteiger partial charge in [-0.2, -0.15) is 0 Å². The molecule has 3 nitrogen and oxygen atoms in total. The molecule has 3 aromatic rings. The first-order chi connectivity index (χ1) is 14.7. The van der Waals surface area contributed by atoms with E-state index in [4.69, 9.17) is 0 Å². The van der Waals surface area contributed by atoms with Gasteiger partial charge < -0.3 is 10.1 Å². The standard InChI is InChI=1S/C17H12N.C10H14O2.Ir/c1-3-7-14(8-4-1)16-11-12-17(18-13-16)15-9-5-2-6-10-15;11-8-5-1-3-7-4-2-6-9(12)10(7)8;/h1-9,11-13H;7,11H,1-6H2;/q-1;;. The van der Waals surface area contributed by atoms with Crippen LogP contribution in [0.25, 0.3) is 22.4 Å². The Hall–Kier alpha value is -2.55. The summed E-state index contributed by atoms with van der Waals surface area (Å²) in [6, 6.07) is 25.5. The number of hydrogen-bond donors (Lipinski definition) is 1. The molecule has 0 spiro atoms. The predicted octanol–water partition coefficient (Wildman–Crippen LogP) is 6.56. The number of aliphatic hydroxyl groups excluding tert-OH is 1. The van der Waals surface area contributed by atoms with Gasteiger partial charge in [0.2, 0.25) is 0 Å². The van der Waals surface area contributed by atoms with E-state index in [9.17, 15) is 9.90 Å². The first-order valence-corrected chi connectivity index (χ1v) is 10.7. The maximum absolute atomic E-state index is 11.4. The summed E-state index contributed by atoms with van der Waals surface area (Å²) in [7, 11) is 0. The Balaban J connectivity index is 0.000000183. The Kier molecular flexibility index (Phi) is 8.34. The molecule has 1 aromatic heterocycles. The van der Waals surface area contributed by atoms with Crippen LogP contribution in [0.5, 0.6) is 0 Å². The Morgan fingerprint density at radius 2 is 1.61 bits per heavy atom. The molecule has 0 aliphatic heterocycles. The molecule has 2 aliphatic rings. The predicted molar refractivity (Wildman–Crippen MR) is 120 cm³/mol. The van der Waals surface area contributed by atoms with Crippen LogP contribution in [0.3, 0.4) is 0 Å². The van der Waals surface area contributed by atoms with Gasteiger partial charge in [-0.1, -0.05) is 42.5 Å². The number of carbonyl (C=O) groups is 1. The van der Waals surface area contributed by atoms with Gasteiger partial charge in [0.1, 0.15) is 0 Å². The SMILES string of the molecule is O=C1CCCC2CCCC(O)=C12.[Ir].[c-]1ccccc1-c1ccc(-c2ccccc2)cn1. The third-order valence-electron chi connectivity index (χ3n) is 5.80. The molecule has 0 bridgehead atoms. The second-order valence-corrected chi connectivity index (χ2v) is 7.84. The summed E-state index contributed by atoms with van der Waals surface area (Å²) in [6.07, 6.45) is 7.54. The van der Waals surface area contributed by atoms with E-state index in [-0.39, 0.29) is 25.9 Å². The van der Waals surface area contributed by atoms with Crippen LogP contribution in [-0.4, -0.2) is 15.9 Å². The van der Waals surface area contributed by atoms with Gasteiger partial charge in [-0.3, -0.25) is 4.79 Å². The zero-order valence-electron chi connectivity index (χ0n) is 17.4. The Morgan fingerprint density at radius 3 is 2.26 bits per heavy atom. The number of aromatic nitrogens is 1. The van der Waals surface area contributed by atoms with Crippen molar-refractivity contribution in [2.45, 2.75) is 38.5 Å². The molecule has 1 N–H and O–H groups in total. The van der Waals surface area contributed by atoms with Crippen LogP contribution in [0.2, 0.25) is 0 Å². The number of ketones is 1. The van der Waals surface area contributed by atoms with E-state index in [2.05, 4.69) is 29.2 Å². The fourth-order valence-corrected chi connectivity index (χ4v) is 4.26. The number of aliphatic hydroxyl groups is 1. The number of fused-ring (bicyclic) bond motifs is 1. The van der Waals surface area contributed by atoms with Crippen molar-refractivity contribution >= 4 is 5.78 Å². The molecule has 5 rings (SSSR count). The molecule has 2 aromatic carbocycles. The monoisotopic (exact) mass is 589 g/mol. The second kappa shape index (κ2) is 11.2. The van der Waals surface area contributed by atoms with Crippen molar-refractivity contribution in [2.24, 2.45) is 5.92 Å². The van der Waals surface area contributed by atoms with Gasteiger partial charge >= 0.3 is 0 Å². The number of allylic oxidation sites excluding steroid dienone is 2. The van der Waals surface area contributed by atoms with E-state index >= 15 is 0 Å². The summed E-state index contributed by atoms with van der Waals surface area (Å²) < 4.78 is 0. The summed E-state index contributed by atoms with van der Waals surface area (Å²) in [4.78, 5) is 15.9. The van der Waals surface area contributed by atoms with E-state index in [1.807, 2.05) is 54.7 Å². The fourth-order valence-electron chi connectivity index (χ4n) is 4.26. The maximum Gasteiger partial charge on any atom is 0.162 e. The zero-order chi connectivity index (χ0) is 20.8. The number of pyridine rings is 1. The molecule has 161 valence electrons. The summed E-state index contributed by atoms with van der Waals surface area (Å²) in [5.74, 6) is 0.972. The van der Waals surface area contributed by atoms with Crippen molar-refractivity contribution in [1.82, 2.24) is 4.98 Å². The average molecular weight is 589 g/mol. The van der Waals surface area contributed by atoms with Crippen LogP contribution < -0.4 is 0 Å². The molecular weight excluding hydrogens is 563 g/mol.